The summed E-state index contributed by atoms with van der Waals surface area (Å²) in [5.74, 6) is -1.08. The Labute approximate surface area is 103 Å². The van der Waals surface area contributed by atoms with Crippen molar-refractivity contribution >= 4 is 12.1 Å². The molecule has 0 aromatic heterocycles. The van der Waals surface area contributed by atoms with Gasteiger partial charge in [-0.05, 0) is 19.8 Å². The summed E-state index contributed by atoms with van der Waals surface area (Å²) in [6.07, 6.45) is 10.3. The second-order valence-electron chi connectivity index (χ2n) is 3.79. The van der Waals surface area contributed by atoms with Crippen LogP contribution in [0.15, 0.2) is 0 Å². The summed E-state index contributed by atoms with van der Waals surface area (Å²) in [6, 6.07) is 0. The standard InChI is InChI=1S/C7H11NO4.C3H8.C2H2/c1-7(2-3-7)12-6(11)8-4-5(9)10;1-3-2;1-2/h2-4H2,1H3,(H,8,11)(H,9,10);3H2,1-2H3;1-2H. The van der Waals surface area contributed by atoms with Crippen LogP contribution in [0.1, 0.15) is 40.0 Å². The first-order chi connectivity index (χ1) is 7.93. The molecule has 0 saturated heterocycles. The first kappa shape index (κ1) is 17.7. The lowest BCUT2D eigenvalue weighted by molar-refractivity contribution is -0.135. The van der Waals surface area contributed by atoms with E-state index >= 15 is 0 Å². The van der Waals surface area contributed by atoms with Gasteiger partial charge >= 0.3 is 12.1 Å². The number of carbonyl (C=O) groups excluding carboxylic acids is 1. The average Bonchev–Trinajstić information content (AvgIpc) is 2.97. The summed E-state index contributed by atoms with van der Waals surface area (Å²) in [6.45, 7) is 5.67. The SMILES string of the molecule is C#C.CC1(OC(=O)NCC(=O)O)CC1.CCC. The summed E-state index contributed by atoms with van der Waals surface area (Å²) < 4.78 is 4.89. The lowest BCUT2D eigenvalue weighted by Crippen LogP contribution is -2.32. The molecule has 17 heavy (non-hydrogen) atoms. The minimum atomic E-state index is -1.08. The van der Waals surface area contributed by atoms with Gasteiger partial charge in [0.15, 0.2) is 0 Å². The Morgan fingerprint density at radius 1 is 1.35 bits per heavy atom. The molecule has 0 spiro atoms. The predicted molar refractivity (Wildman–Crippen MR) is 65.6 cm³/mol. The van der Waals surface area contributed by atoms with Crippen molar-refractivity contribution in [2.45, 2.75) is 45.6 Å². The van der Waals surface area contributed by atoms with E-state index in [1.54, 1.807) is 0 Å². The normalized spacial score (nSPS) is 13.9. The number of carbonyl (C=O) groups is 2. The number of aliphatic carboxylic acids is 1. The highest BCUT2D eigenvalue weighted by atomic mass is 16.6. The number of nitrogens with one attached hydrogen (secondary N) is 1. The van der Waals surface area contributed by atoms with E-state index in [1.807, 2.05) is 6.92 Å². The third kappa shape index (κ3) is 12.2. The number of alkyl carbamates (subject to hydrolysis) is 1. The van der Waals surface area contributed by atoms with Crippen molar-refractivity contribution in [3.8, 4) is 12.8 Å². The monoisotopic (exact) mass is 243 g/mol. The van der Waals surface area contributed by atoms with Gasteiger partial charge in [0.05, 0.1) is 0 Å². The summed E-state index contributed by atoms with van der Waals surface area (Å²) in [7, 11) is 0. The number of rotatable bonds is 3. The molecular formula is C12H21NO4. The molecule has 0 heterocycles. The molecule has 1 aliphatic carbocycles. The van der Waals surface area contributed by atoms with Crippen molar-refractivity contribution in [1.29, 1.82) is 0 Å². The average molecular weight is 243 g/mol. The summed E-state index contributed by atoms with van der Waals surface area (Å²) in [5.41, 5.74) is -0.345. The van der Waals surface area contributed by atoms with Gasteiger partial charge in [-0.15, -0.1) is 12.8 Å². The molecule has 1 aliphatic rings. The van der Waals surface area contributed by atoms with Crippen molar-refractivity contribution in [3.63, 3.8) is 0 Å². The third-order valence-electron chi connectivity index (χ3n) is 1.68. The minimum absolute atomic E-state index is 0.345. The maximum atomic E-state index is 10.8. The number of hydrogen-bond donors (Lipinski definition) is 2. The Balaban J connectivity index is 0. The van der Waals surface area contributed by atoms with Gasteiger partial charge in [-0.1, -0.05) is 20.3 Å². The van der Waals surface area contributed by atoms with Crippen LogP contribution >= 0.6 is 0 Å². The van der Waals surface area contributed by atoms with Crippen LogP contribution < -0.4 is 5.32 Å². The van der Waals surface area contributed by atoms with Crippen LogP contribution in [0.2, 0.25) is 0 Å². The van der Waals surface area contributed by atoms with E-state index in [0.29, 0.717) is 0 Å². The molecule has 1 amide bonds. The van der Waals surface area contributed by atoms with Crippen LogP contribution in [-0.4, -0.2) is 29.3 Å². The molecule has 0 radical (unpaired) electrons. The van der Waals surface area contributed by atoms with Crippen molar-refractivity contribution in [1.82, 2.24) is 5.32 Å². The molecule has 2 N–H and O–H groups in total. The molecule has 0 unspecified atom stereocenters. The largest absolute Gasteiger partial charge is 0.480 e. The van der Waals surface area contributed by atoms with E-state index in [9.17, 15) is 9.59 Å². The quantitative estimate of drug-likeness (QED) is 0.743. The van der Waals surface area contributed by atoms with E-state index in [2.05, 4.69) is 32.0 Å². The Kier molecular flexibility index (Phi) is 9.91. The molecule has 0 aliphatic heterocycles. The second-order valence-corrected chi connectivity index (χ2v) is 3.79. The van der Waals surface area contributed by atoms with Crippen LogP contribution in [-0.2, 0) is 9.53 Å². The van der Waals surface area contributed by atoms with Crippen molar-refractivity contribution in [2.75, 3.05) is 6.54 Å². The van der Waals surface area contributed by atoms with Gasteiger partial charge in [0.25, 0.3) is 0 Å². The van der Waals surface area contributed by atoms with Crippen molar-refractivity contribution < 1.29 is 19.4 Å². The number of hydrogen-bond acceptors (Lipinski definition) is 3. The third-order valence-corrected chi connectivity index (χ3v) is 1.68. The number of carboxylic acids is 1. The van der Waals surface area contributed by atoms with Crippen LogP contribution in [0.4, 0.5) is 4.79 Å². The number of ether oxygens (including phenoxy) is 1. The molecule has 1 rings (SSSR count). The van der Waals surface area contributed by atoms with Crippen molar-refractivity contribution in [3.05, 3.63) is 0 Å². The van der Waals surface area contributed by atoms with E-state index < -0.39 is 18.6 Å². The van der Waals surface area contributed by atoms with E-state index in [0.717, 1.165) is 12.8 Å². The van der Waals surface area contributed by atoms with Gasteiger partial charge in [-0.3, -0.25) is 4.79 Å². The van der Waals surface area contributed by atoms with Gasteiger partial charge in [-0.2, -0.15) is 0 Å². The van der Waals surface area contributed by atoms with Gasteiger partial charge in [0.1, 0.15) is 12.1 Å². The van der Waals surface area contributed by atoms with Gasteiger partial charge in [0.2, 0.25) is 0 Å². The molecular weight excluding hydrogens is 222 g/mol. The Bertz CT molecular complexity index is 256. The van der Waals surface area contributed by atoms with Gasteiger partial charge in [-0.25, -0.2) is 4.79 Å². The molecule has 0 bridgehead atoms. The predicted octanol–water partition coefficient (Wildman–Crippen LogP) is 2.02. The molecule has 1 saturated carbocycles. The summed E-state index contributed by atoms with van der Waals surface area (Å²) in [5, 5.41) is 10.3. The highest BCUT2D eigenvalue weighted by Gasteiger charge is 2.41. The van der Waals surface area contributed by atoms with Crippen LogP contribution in [0.25, 0.3) is 0 Å². The van der Waals surface area contributed by atoms with Crippen LogP contribution in [0.3, 0.4) is 0 Å². The lowest BCUT2D eigenvalue weighted by atomic mass is 10.4. The first-order valence-corrected chi connectivity index (χ1v) is 5.45. The molecule has 0 atom stereocenters. The van der Waals surface area contributed by atoms with Gasteiger partial charge in [0, 0.05) is 0 Å². The van der Waals surface area contributed by atoms with E-state index in [4.69, 9.17) is 9.84 Å². The second kappa shape index (κ2) is 9.52. The zero-order valence-electron chi connectivity index (χ0n) is 10.7. The zero-order valence-corrected chi connectivity index (χ0v) is 10.7. The zero-order chi connectivity index (χ0) is 13.9. The van der Waals surface area contributed by atoms with E-state index in [-0.39, 0.29) is 5.60 Å². The number of terminal acetylenes is 1. The summed E-state index contributed by atoms with van der Waals surface area (Å²) >= 11 is 0. The Hall–Kier alpha value is -1.70. The maximum absolute atomic E-state index is 10.8. The lowest BCUT2D eigenvalue weighted by Gasteiger charge is -2.10. The Morgan fingerprint density at radius 2 is 1.76 bits per heavy atom. The molecule has 98 valence electrons. The van der Waals surface area contributed by atoms with Crippen molar-refractivity contribution in [2.24, 2.45) is 0 Å². The fraction of sp³-hybridized carbons (Fsp3) is 0.667. The number of carboxylic acid groups (broad SMARTS) is 1. The van der Waals surface area contributed by atoms with E-state index in [1.165, 1.54) is 6.42 Å². The topological polar surface area (TPSA) is 75.6 Å². The molecule has 1 fully saturated rings. The van der Waals surface area contributed by atoms with Crippen LogP contribution in [0.5, 0.6) is 0 Å². The molecule has 5 nitrogen and oxygen atoms in total. The first-order valence-electron chi connectivity index (χ1n) is 5.45. The molecule has 0 aromatic carbocycles. The van der Waals surface area contributed by atoms with Crippen LogP contribution in [0, 0.1) is 12.8 Å². The number of amides is 1. The van der Waals surface area contributed by atoms with Gasteiger partial charge < -0.3 is 15.2 Å². The highest BCUT2D eigenvalue weighted by molar-refractivity contribution is 5.76. The summed E-state index contributed by atoms with van der Waals surface area (Å²) in [4.78, 5) is 20.8. The maximum Gasteiger partial charge on any atom is 0.408 e. The fourth-order valence-electron chi connectivity index (χ4n) is 0.686. The molecule has 5 heteroatoms. The Morgan fingerprint density at radius 3 is 2.06 bits per heavy atom. The molecule has 0 aromatic rings. The minimum Gasteiger partial charge on any atom is -0.480 e. The fourth-order valence-corrected chi connectivity index (χ4v) is 0.686. The smallest absolute Gasteiger partial charge is 0.408 e. The highest BCUT2D eigenvalue weighted by Crippen LogP contribution is 2.38.